The highest BCUT2D eigenvalue weighted by molar-refractivity contribution is 5.77. The molecule has 0 saturated heterocycles. The number of amides is 1. The second-order valence-corrected chi connectivity index (χ2v) is 4.77. The summed E-state index contributed by atoms with van der Waals surface area (Å²) in [5, 5.41) is 10.2. The van der Waals surface area contributed by atoms with Crippen molar-refractivity contribution in [2.24, 2.45) is 0 Å². The zero-order chi connectivity index (χ0) is 14.2. The fraction of sp³-hybridized carbons (Fsp3) is 0.333. The van der Waals surface area contributed by atoms with Crippen molar-refractivity contribution in [2.75, 3.05) is 6.54 Å². The molecule has 5 nitrogen and oxygen atoms in total. The first kappa shape index (κ1) is 14.3. The summed E-state index contributed by atoms with van der Waals surface area (Å²) in [6, 6.07) is 12.0. The van der Waals surface area contributed by atoms with E-state index in [0.29, 0.717) is 13.1 Å². The number of aromatic nitrogens is 2. The maximum atomic E-state index is 11.7. The number of carbonyl (C=O) groups is 1. The number of hydrogen-bond donors (Lipinski definition) is 2. The van der Waals surface area contributed by atoms with Gasteiger partial charge in [-0.1, -0.05) is 30.3 Å². The molecule has 0 fully saturated rings. The summed E-state index contributed by atoms with van der Waals surface area (Å²) in [7, 11) is 0. The Balaban J connectivity index is 1.64. The van der Waals surface area contributed by atoms with Gasteiger partial charge in [-0.15, -0.1) is 0 Å². The van der Waals surface area contributed by atoms with Gasteiger partial charge in [0.15, 0.2) is 0 Å². The van der Waals surface area contributed by atoms with Crippen molar-refractivity contribution >= 4 is 5.91 Å². The Morgan fingerprint density at radius 1 is 1.30 bits per heavy atom. The van der Waals surface area contributed by atoms with Crippen LogP contribution < -0.4 is 10.6 Å². The highest BCUT2D eigenvalue weighted by Crippen LogP contribution is 1.96. The standard InChI is InChI=1S/C15H20N4O/c1-13(12-19-9-5-8-18-19)16-11-15(20)17-10-14-6-3-2-4-7-14/h2-9,13,16H,10-12H2,1H3,(H,17,20). The van der Waals surface area contributed by atoms with Gasteiger partial charge in [-0.3, -0.25) is 9.48 Å². The van der Waals surface area contributed by atoms with E-state index in [9.17, 15) is 4.79 Å². The van der Waals surface area contributed by atoms with Crippen LogP contribution in [0.15, 0.2) is 48.8 Å². The van der Waals surface area contributed by atoms with Gasteiger partial charge < -0.3 is 10.6 Å². The molecule has 0 aliphatic heterocycles. The third-order valence-corrected chi connectivity index (χ3v) is 2.96. The Morgan fingerprint density at radius 3 is 2.80 bits per heavy atom. The van der Waals surface area contributed by atoms with Crippen molar-refractivity contribution in [3.63, 3.8) is 0 Å². The zero-order valence-corrected chi connectivity index (χ0v) is 11.6. The smallest absolute Gasteiger partial charge is 0.234 e. The molecular formula is C15H20N4O. The van der Waals surface area contributed by atoms with Gasteiger partial charge in [-0.05, 0) is 18.6 Å². The van der Waals surface area contributed by atoms with Crippen molar-refractivity contribution < 1.29 is 4.79 Å². The molecule has 1 heterocycles. The highest BCUT2D eigenvalue weighted by Gasteiger charge is 2.06. The number of nitrogens with one attached hydrogen (secondary N) is 2. The summed E-state index contributed by atoms with van der Waals surface area (Å²) in [5.41, 5.74) is 1.10. The number of rotatable bonds is 7. The molecule has 5 heteroatoms. The van der Waals surface area contributed by atoms with Gasteiger partial charge in [0, 0.05) is 25.0 Å². The summed E-state index contributed by atoms with van der Waals surface area (Å²) in [4.78, 5) is 11.7. The third kappa shape index (κ3) is 4.85. The Hall–Kier alpha value is -2.14. The fourth-order valence-corrected chi connectivity index (χ4v) is 1.88. The SMILES string of the molecule is CC(Cn1cccn1)NCC(=O)NCc1ccccc1. The molecule has 1 atom stereocenters. The van der Waals surface area contributed by atoms with Crippen molar-refractivity contribution in [3.8, 4) is 0 Å². The summed E-state index contributed by atoms with van der Waals surface area (Å²) >= 11 is 0. The normalized spacial score (nSPS) is 12.1. The van der Waals surface area contributed by atoms with Crippen LogP contribution in [0, 0.1) is 0 Å². The molecule has 2 aromatic rings. The largest absolute Gasteiger partial charge is 0.351 e. The summed E-state index contributed by atoms with van der Waals surface area (Å²) in [6.45, 7) is 3.66. The second kappa shape index (κ2) is 7.45. The maximum absolute atomic E-state index is 11.7. The van der Waals surface area contributed by atoms with E-state index in [0.717, 1.165) is 12.1 Å². The molecule has 106 valence electrons. The van der Waals surface area contributed by atoms with E-state index in [2.05, 4.69) is 15.7 Å². The average Bonchev–Trinajstić information content (AvgIpc) is 2.97. The fourth-order valence-electron chi connectivity index (χ4n) is 1.88. The average molecular weight is 272 g/mol. The molecule has 0 saturated carbocycles. The lowest BCUT2D eigenvalue weighted by Crippen LogP contribution is -2.39. The van der Waals surface area contributed by atoms with Crippen molar-refractivity contribution in [3.05, 3.63) is 54.4 Å². The molecule has 20 heavy (non-hydrogen) atoms. The van der Waals surface area contributed by atoms with E-state index < -0.39 is 0 Å². The number of carbonyl (C=O) groups excluding carboxylic acids is 1. The molecule has 1 aromatic carbocycles. The third-order valence-electron chi connectivity index (χ3n) is 2.96. The number of benzene rings is 1. The molecule has 1 unspecified atom stereocenters. The lowest BCUT2D eigenvalue weighted by molar-refractivity contribution is -0.120. The van der Waals surface area contributed by atoms with Crippen LogP contribution in [-0.2, 0) is 17.9 Å². The molecule has 0 bridgehead atoms. The van der Waals surface area contributed by atoms with Crippen molar-refractivity contribution in [1.82, 2.24) is 20.4 Å². The first-order valence-electron chi connectivity index (χ1n) is 6.75. The predicted octanol–water partition coefficient (Wildman–Crippen LogP) is 1.18. The van der Waals surface area contributed by atoms with E-state index in [4.69, 9.17) is 0 Å². The van der Waals surface area contributed by atoms with Gasteiger partial charge in [-0.2, -0.15) is 5.10 Å². The minimum atomic E-state index is 0.00108. The lowest BCUT2D eigenvalue weighted by atomic mass is 10.2. The minimum absolute atomic E-state index is 0.00108. The number of hydrogen-bond acceptors (Lipinski definition) is 3. The molecule has 1 amide bonds. The summed E-state index contributed by atoms with van der Waals surface area (Å²) in [6.07, 6.45) is 3.66. The minimum Gasteiger partial charge on any atom is -0.351 e. The highest BCUT2D eigenvalue weighted by atomic mass is 16.1. The lowest BCUT2D eigenvalue weighted by Gasteiger charge is -2.13. The van der Waals surface area contributed by atoms with Gasteiger partial charge >= 0.3 is 0 Å². The Labute approximate surface area is 119 Å². The van der Waals surface area contributed by atoms with Crippen LogP contribution in [0.25, 0.3) is 0 Å². The van der Waals surface area contributed by atoms with Crippen LogP contribution in [0.1, 0.15) is 12.5 Å². The van der Waals surface area contributed by atoms with E-state index in [1.165, 1.54) is 0 Å². The van der Waals surface area contributed by atoms with Crippen LogP contribution in [0.3, 0.4) is 0 Å². The van der Waals surface area contributed by atoms with Crippen LogP contribution >= 0.6 is 0 Å². The maximum Gasteiger partial charge on any atom is 0.234 e. The molecule has 0 aliphatic carbocycles. The molecule has 0 radical (unpaired) electrons. The second-order valence-electron chi connectivity index (χ2n) is 4.77. The monoisotopic (exact) mass is 272 g/mol. The topological polar surface area (TPSA) is 59.0 Å². The Kier molecular flexibility index (Phi) is 5.32. The summed E-state index contributed by atoms with van der Waals surface area (Å²) in [5.74, 6) is 0.00108. The number of nitrogens with zero attached hydrogens (tertiary/aromatic N) is 2. The molecule has 1 aromatic heterocycles. The first-order valence-corrected chi connectivity index (χ1v) is 6.75. The van der Waals surface area contributed by atoms with Gasteiger partial charge in [0.2, 0.25) is 5.91 Å². The van der Waals surface area contributed by atoms with E-state index in [-0.39, 0.29) is 11.9 Å². The molecule has 0 aliphatic rings. The molecule has 2 rings (SSSR count). The van der Waals surface area contributed by atoms with Gasteiger partial charge in [0.1, 0.15) is 0 Å². The Bertz CT molecular complexity index is 510. The van der Waals surface area contributed by atoms with E-state index >= 15 is 0 Å². The zero-order valence-electron chi connectivity index (χ0n) is 11.6. The van der Waals surface area contributed by atoms with Crippen LogP contribution in [0.4, 0.5) is 0 Å². The van der Waals surface area contributed by atoms with Crippen molar-refractivity contribution in [1.29, 1.82) is 0 Å². The van der Waals surface area contributed by atoms with E-state index in [1.807, 2.05) is 54.2 Å². The molecule has 0 spiro atoms. The van der Waals surface area contributed by atoms with Gasteiger partial charge in [-0.25, -0.2) is 0 Å². The quantitative estimate of drug-likeness (QED) is 0.795. The van der Waals surface area contributed by atoms with Crippen LogP contribution in [-0.4, -0.2) is 28.3 Å². The van der Waals surface area contributed by atoms with Gasteiger partial charge in [0.05, 0.1) is 13.1 Å². The van der Waals surface area contributed by atoms with Crippen LogP contribution in [0.5, 0.6) is 0 Å². The van der Waals surface area contributed by atoms with E-state index in [1.54, 1.807) is 6.20 Å². The predicted molar refractivity (Wildman–Crippen MR) is 78.0 cm³/mol. The molecule has 2 N–H and O–H groups in total. The van der Waals surface area contributed by atoms with Crippen molar-refractivity contribution in [2.45, 2.75) is 26.1 Å². The first-order chi connectivity index (χ1) is 9.74. The molecular weight excluding hydrogens is 252 g/mol. The van der Waals surface area contributed by atoms with Gasteiger partial charge in [0.25, 0.3) is 0 Å². The Morgan fingerprint density at radius 2 is 2.10 bits per heavy atom. The summed E-state index contributed by atoms with van der Waals surface area (Å²) < 4.78 is 1.85. The van der Waals surface area contributed by atoms with Crippen LogP contribution in [0.2, 0.25) is 0 Å².